The van der Waals surface area contributed by atoms with Gasteiger partial charge in [0.1, 0.15) is 0 Å². The first-order valence-electron chi connectivity index (χ1n) is 15.1. The second-order valence-electron chi connectivity index (χ2n) is 11.6. The van der Waals surface area contributed by atoms with E-state index in [0.717, 1.165) is 5.70 Å². The molecule has 0 aliphatic carbocycles. The van der Waals surface area contributed by atoms with E-state index in [1.165, 1.54) is 76.5 Å². The van der Waals surface area contributed by atoms with Gasteiger partial charge in [0.2, 0.25) is 0 Å². The summed E-state index contributed by atoms with van der Waals surface area (Å²) < 4.78 is 0. The van der Waals surface area contributed by atoms with E-state index in [1.54, 1.807) is 0 Å². The van der Waals surface area contributed by atoms with Gasteiger partial charge in [0.25, 0.3) is 0 Å². The van der Waals surface area contributed by atoms with Gasteiger partial charge in [0.05, 0.1) is 0 Å². The summed E-state index contributed by atoms with van der Waals surface area (Å²) in [5, 5.41) is 10.4. The average Bonchev–Trinajstić information content (AvgIpc) is 3.09. The van der Waals surface area contributed by atoms with Crippen LogP contribution in [0.2, 0.25) is 0 Å². The Labute approximate surface area is 258 Å². The van der Waals surface area contributed by atoms with Crippen LogP contribution in [0.3, 0.4) is 0 Å². The third kappa shape index (κ3) is 4.33. The van der Waals surface area contributed by atoms with Gasteiger partial charge in [0, 0.05) is 18.1 Å². The van der Waals surface area contributed by atoms with Crippen molar-refractivity contribution in [2.45, 2.75) is 6.92 Å². The van der Waals surface area contributed by atoms with Gasteiger partial charge in [-0.1, -0.05) is 140 Å². The molecule has 0 bridgehead atoms. The maximum atomic E-state index is 4.27. The normalized spacial score (nSPS) is 13.8. The highest BCUT2D eigenvalue weighted by Gasteiger charge is 2.15. The molecule has 0 N–H and O–H groups in total. The second kappa shape index (κ2) is 10.6. The SMILES string of the molecule is C=C1C=CC(c2ccccc2)=CN1/C=C(\C)c1ccc(-c2cc3c4ccccc4c4ccccc4c3c3ccccc23)cc1. The Hall–Kier alpha value is -5.66. The Kier molecular flexibility index (Phi) is 6.24. The first-order valence-corrected chi connectivity index (χ1v) is 15.1. The number of rotatable bonds is 4. The molecular weight excluding hydrogens is 530 g/mol. The predicted molar refractivity (Wildman–Crippen MR) is 190 cm³/mol. The molecule has 7 aromatic rings. The highest BCUT2D eigenvalue weighted by Crippen LogP contribution is 2.42. The Morgan fingerprint density at radius 2 is 1.09 bits per heavy atom. The number of allylic oxidation sites excluding steroid dienone is 4. The fourth-order valence-corrected chi connectivity index (χ4v) is 6.67. The summed E-state index contributed by atoms with van der Waals surface area (Å²) >= 11 is 0. The zero-order valence-corrected chi connectivity index (χ0v) is 24.7. The molecule has 44 heavy (non-hydrogen) atoms. The Bertz CT molecular complexity index is 2330. The summed E-state index contributed by atoms with van der Waals surface area (Å²) in [5.74, 6) is 0. The van der Waals surface area contributed by atoms with Crippen molar-refractivity contribution < 1.29 is 0 Å². The molecule has 0 fully saturated rings. The van der Waals surface area contributed by atoms with Crippen LogP contribution in [0.1, 0.15) is 18.1 Å². The molecule has 0 amide bonds. The molecule has 8 rings (SSSR count). The number of hydrogen-bond donors (Lipinski definition) is 0. The topological polar surface area (TPSA) is 3.24 Å². The van der Waals surface area contributed by atoms with E-state index in [4.69, 9.17) is 0 Å². The molecule has 0 unspecified atom stereocenters. The molecular formula is C43H31N. The Morgan fingerprint density at radius 3 is 1.77 bits per heavy atom. The van der Waals surface area contributed by atoms with Crippen molar-refractivity contribution >= 4 is 54.2 Å². The first kappa shape index (κ1) is 26.0. The van der Waals surface area contributed by atoms with Crippen LogP contribution in [0.15, 0.2) is 170 Å². The third-order valence-electron chi connectivity index (χ3n) is 8.90. The highest BCUT2D eigenvalue weighted by molar-refractivity contribution is 6.33. The van der Waals surface area contributed by atoms with Gasteiger partial charge < -0.3 is 4.90 Å². The van der Waals surface area contributed by atoms with E-state index in [0.29, 0.717) is 0 Å². The number of fused-ring (bicyclic) bond motifs is 8. The zero-order chi connectivity index (χ0) is 29.6. The first-order chi connectivity index (χ1) is 21.7. The van der Waals surface area contributed by atoms with E-state index in [9.17, 15) is 0 Å². The van der Waals surface area contributed by atoms with Crippen molar-refractivity contribution in [1.29, 1.82) is 0 Å². The van der Waals surface area contributed by atoms with Crippen molar-refractivity contribution in [3.05, 3.63) is 181 Å². The van der Waals surface area contributed by atoms with Crippen LogP contribution in [0.25, 0.3) is 65.4 Å². The maximum Gasteiger partial charge on any atom is 0.0378 e. The van der Waals surface area contributed by atoms with Gasteiger partial charge in [-0.15, -0.1) is 0 Å². The van der Waals surface area contributed by atoms with Gasteiger partial charge >= 0.3 is 0 Å². The lowest BCUT2D eigenvalue weighted by molar-refractivity contribution is 0.653. The van der Waals surface area contributed by atoms with Gasteiger partial charge in [-0.25, -0.2) is 0 Å². The number of benzene rings is 7. The minimum atomic E-state index is 0.947. The Morgan fingerprint density at radius 1 is 0.545 bits per heavy atom. The number of nitrogens with zero attached hydrogens (tertiary/aromatic N) is 1. The molecule has 0 spiro atoms. The maximum absolute atomic E-state index is 4.27. The van der Waals surface area contributed by atoms with E-state index in [2.05, 4.69) is 170 Å². The van der Waals surface area contributed by atoms with E-state index >= 15 is 0 Å². The van der Waals surface area contributed by atoms with Crippen molar-refractivity contribution in [2.75, 3.05) is 0 Å². The molecule has 1 aliphatic rings. The smallest absolute Gasteiger partial charge is 0.0378 e. The summed E-state index contributed by atoms with van der Waals surface area (Å²) in [6.45, 7) is 6.43. The van der Waals surface area contributed by atoms with Gasteiger partial charge in [-0.2, -0.15) is 0 Å². The van der Waals surface area contributed by atoms with E-state index < -0.39 is 0 Å². The summed E-state index contributed by atoms with van der Waals surface area (Å²) in [5.41, 5.74) is 8.15. The fourth-order valence-electron chi connectivity index (χ4n) is 6.67. The lowest BCUT2D eigenvalue weighted by Crippen LogP contribution is -2.11. The van der Waals surface area contributed by atoms with Crippen LogP contribution in [0.5, 0.6) is 0 Å². The molecule has 0 radical (unpaired) electrons. The van der Waals surface area contributed by atoms with E-state index in [-0.39, 0.29) is 0 Å². The predicted octanol–water partition coefficient (Wildman–Crippen LogP) is 11.8. The molecule has 208 valence electrons. The van der Waals surface area contributed by atoms with Crippen LogP contribution in [-0.2, 0) is 0 Å². The van der Waals surface area contributed by atoms with Crippen LogP contribution in [0.4, 0.5) is 0 Å². The summed E-state index contributed by atoms with van der Waals surface area (Å²) in [6, 6.07) is 48.4. The van der Waals surface area contributed by atoms with Crippen molar-refractivity contribution in [1.82, 2.24) is 4.90 Å². The summed E-state index contributed by atoms with van der Waals surface area (Å²) in [4.78, 5) is 2.12. The standard InChI is InChI=1S/C43H31N/c1-29(27-44-28-34(21-20-30(44)2)32-12-4-3-5-13-32)31-22-24-33(25-23-31)41-26-42-37-16-7-6-14-35(37)36-15-8-10-18-39(36)43(42)40-19-11-9-17-38(40)41/h3-28H,2H2,1H3/b29-27+. The molecule has 1 nitrogen and oxygen atoms in total. The van der Waals surface area contributed by atoms with Gasteiger partial charge in [-0.3, -0.25) is 0 Å². The monoisotopic (exact) mass is 561 g/mol. The second-order valence-corrected chi connectivity index (χ2v) is 11.6. The van der Waals surface area contributed by atoms with Gasteiger partial charge in [-0.05, 0) is 95.6 Å². The molecule has 7 aromatic carbocycles. The zero-order valence-electron chi connectivity index (χ0n) is 24.7. The molecule has 0 aromatic heterocycles. The fraction of sp³-hybridized carbons (Fsp3) is 0.0233. The lowest BCUT2D eigenvalue weighted by Gasteiger charge is -2.23. The van der Waals surface area contributed by atoms with Crippen LogP contribution in [0, 0.1) is 0 Å². The number of hydrogen-bond acceptors (Lipinski definition) is 1. The minimum absolute atomic E-state index is 0.947. The lowest BCUT2D eigenvalue weighted by atomic mass is 9.87. The summed E-state index contributed by atoms with van der Waals surface area (Å²) in [6.07, 6.45) is 8.54. The average molecular weight is 562 g/mol. The van der Waals surface area contributed by atoms with Crippen LogP contribution < -0.4 is 0 Å². The van der Waals surface area contributed by atoms with Crippen LogP contribution >= 0.6 is 0 Å². The molecule has 1 heteroatoms. The van der Waals surface area contributed by atoms with Crippen molar-refractivity contribution in [3.63, 3.8) is 0 Å². The molecule has 1 aliphatic heterocycles. The summed E-state index contributed by atoms with van der Waals surface area (Å²) in [7, 11) is 0. The van der Waals surface area contributed by atoms with Crippen molar-refractivity contribution in [2.24, 2.45) is 0 Å². The highest BCUT2D eigenvalue weighted by atomic mass is 15.1. The third-order valence-corrected chi connectivity index (χ3v) is 8.90. The molecule has 0 saturated heterocycles. The Balaban J connectivity index is 1.23. The van der Waals surface area contributed by atoms with E-state index in [1.807, 2.05) is 6.07 Å². The largest absolute Gasteiger partial charge is 0.324 e. The molecule has 1 heterocycles. The molecule has 0 saturated carbocycles. The molecule has 0 atom stereocenters. The van der Waals surface area contributed by atoms with Gasteiger partial charge in [0.15, 0.2) is 0 Å². The van der Waals surface area contributed by atoms with Crippen molar-refractivity contribution in [3.8, 4) is 11.1 Å². The van der Waals surface area contributed by atoms with Crippen LogP contribution in [-0.4, -0.2) is 4.90 Å². The minimum Gasteiger partial charge on any atom is -0.324 e. The quantitative estimate of drug-likeness (QED) is 0.193.